The van der Waals surface area contributed by atoms with Gasteiger partial charge in [0, 0.05) is 12.1 Å². The van der Waals surface area contributed by atoms with Gasteiger partial charge in [0.05, 0.1) is 13.2 Å². The number of amides is 1. The van der Waals surface area contributed by atoms with Gasteiger partial charge in [-0.15, -0.1) is 0 Å². The Kier molecular flexibility index (Phi) is 5.28. The van der Waals surface area contributed by atoms with Crippen LogP contribution in [0.4, 0.5) is 0 Å². The highest BCUT2D eigenvalue weighted by Gasteiger charge is 2.27. The first-order valence-electron chi connectivity index (χ1n) is 9.92. The van der Waals surface area contributed by atoms with Crippen LogP contribution in [0.1, 0.15) is 44.3 Å². The molecule has 0 aromatic heterocycles. The summed E-state index contributed by atoms with van der Waals surface area (Å²) in [6.07, 6.45) is 1.98. The normalized spacial score (nSPS) is 20.1. The van der Waals surface area contributed by atoms with Gasteiger partial charge in [0.2, 0.25) is 0 Å². The maximum atomic E-state index is 13.1. The van der Waals surface area contributed by atoms with E-state index in [1.165, 1.54) is 27.8 Å². The topological polar surface area (TPSA) is 41.6 Å². The summed E-state index contributed by atoms with van der Waals surface area (Å²) < 4.78 is 6.01. The highest BCUT2D eigenvalue weighted by molar-refractivity contribution is 5.94. The third-order valence-electron chi connectivity index (χ3n) is 5.72. The number of carbonyl (C=O) groups is 1. The molecule has 1 fully saturated rings. The number of hydrogen-bond acceptors (Lipinski definition) is 3. The maximum Gasteiger partial charge on any atom is 0.254 e. The zero-order chi connectivity index (χ0) is 18.8. The number of hydrogen-bond donors (Lipinski definition) is 1. The molecule has 1 saturated heterocycles. The summed E-state index contributed by atoms with van der Waals surface area (Å²) >= 11 is 0. The lowest BCUT2D eigenvalue weighted by molar-refractivity contribution is -0.0231. The second-order valence-corrected chi connectivity index (χ2v) is 7.70. The van der Waals surface area contributed by atoms with E-state index in [1.807, 2.05) is 11.0 Å². The molecule has 1 amide bonds. The van der Waals surface area contributed by atoms with Gasteiger partial charge in [-0.3, -0.25) is 4.79 Å². The van der Waals surface area contributed by atoms with Crippen LogP contribution in [0.5, 0.6) is 0 Å². The number of nitrogens with one attached hydrogen (secondary N) is 1. The monoisotopic (exact) mass is 364 g/mol. The lowest BCUT2D eigenvalue weighted by Crippen LogP contribution is -2.42. The summed E-state index contributed by atoms with van der Waals surface area (Å²) in [4.78, 5) is 15.1. The fourth-order valence-electron chi connectivity index (χ4n) is 4.20. The summed E-state index contributed by atoms with van der Waals surface area (Å²) in [5, 5.41) is 3.43. The molecule has 2 heterocycles. The van der Waals surface area contributed by atoms with Crippen LogP contribution in [0.3, 0.4) is 0 Å². The summed E-state index contributed by atoms with van der Waals surface area (Å²) in [5.41, 5.74) is 7.14. The van der Waals surface area contributed by atoms with Crippen LogP contribution in [-0.2, 0) is 17.6 Å². The Bertz CT molecular complexity index is 846. The van der Waals surface area contributed by atoms with Gasteiger partial charge in [-0.2, -0.15) is 0 Å². The van der Waals surface area contributed by atoms with E-state index in [2.05, 4.69) is 49.5 Å². The molecule has 27 heavy (non-hydrogen) atoms. The Hall–Kier alpha value is -2.17. The molecule has 2 aliphatic rings. The predicted octanol–water partition coefficient (Wildman–Crippen LogP) is 3.21. The highest BCUT2D eigenvalue weighted by Crippen LogP contribution is 2.27. The number of nitrogens with zero attached hydrogens (tertiary/aromatic N) is 1. The largest absolute Gasteiger partial charge is 0.370 e. The lowest BCUT2D eigenvalue weighted by Gasteiger charge is -2.34. The lowest BCUT2D eigenvalue weighted by atomic mass is 9.98. The van der Waals surface area contributed by atoms with Crippen molar-refractivity contribution in [2.75, 3.05) is 32.8 Å². The second-order valence-electron chi connectivity index (χ2n) is 7.70. The van der Waals surface area contributed by atoms with E-state index >= 15 is 0 Å². The van der Waals surface area contributed by atoms with Crippen molar-refractivity contribution < 1.29 is 9.53 Å². The van der Waals surface area contributed by atoms with E-state index < -0.39 is 0 Å². The van der Waals surface area contributed by atoms with Gasteiger partial charge in [0.25, 0.3) is 5.91 Å². The first kappa shape index (κ1) is 18.2. The van der Waals surface area contributed by atoms with Crippen LogP contribution in [0, 0.1) is 13.8 Å². The summed E-state index contributed by atoms with van der Waals surface area (Å²) in [6, 6.07) is 12.7. The van der Waals surface area contributed by atoms with Crippen molar-refractivity contribution in [1.29, 1.82) is 0 Å². The Labute approximate surface area is 161 Å². The van der Waals surface area contributed by atoms with Crippen LogP contribution >= 0.6 is 0 Å². The minimum absolute atomic E-state index is 0.0478. The average Bonchev–Trinajstić information content (AvgIpc) is 2.92. The fourth-order valence-corrected chi connectivity index (χ4v) is 4.20. The third-order valence-corrected chi connectivity index (χ3v) is 5.72. The van der Waals surface area contributed by atoms with Crippen LogP contribution in [0.15, 0.2) is 36.4 Å². The minimum atomic E-state index is -0.0478. The minimum Gasteiger partial charge on any atom is -0.370 e. The zero-order valence-corrected chi connectivity index (χ0v) is 16.3. The maximum absolute atomic E-state index is 13.1. The first-order chi connectivity index (χ1) is 13.1. The Morgan fingerprint density at radius 2 is 1.89 bits per heavy atom. The van der Waals surface area contributed by atoms with E-state index in [0.717, 1.165) is 31.5 Å². The van der Waals surface area contributed by atoms with E-state index in [9.17, 15) is 4.79 Å². The van der Waals surface area contributed by atoms with Crippen LogP contribution in [0.25, 0.3) is 0 Å². The number of aryl methyl sites for hydroxylation is 2. The van der Waals surface area contributed by atoms with E-state index in [0.29, 0.717) is 19.7 Å². The summed E-state index contributed by atoms with van der Waals surface area (Å²) in [6.45, 7) is 8.06. The van der Waals surface area contributed by atoms with Crippen molar-refractivity contribution in [2.45, 2.75) is 32.8 Å². The molecule has 2 aromatic rings. The first-order valence-corrected chi connectivity index (χ1v) is 9.92. The number of carbonyl (C=O) groups excluding carboxylic acids is 1. The SMILES string of the molecule is Cc1ccc(C2CN(C(=O)c3ccc4c(c3)CCNCC4)CCO2)c(C)c1. The number of morpholine rings is 1. The quantitative estimate of drug-likeness (QED) is 0.890. The molecule has 1 atom stereocenters. The molecule has 4 rings (SSSR count). The smallest absolute Gasteiger partial charge is 0.254 e. The Balaban J connectivity index is 1.52. The van der Waals surface area contributed by atoms with E-state index in [-0.39, 0.29) is 12.0 Å². The van der Waals surface area contributed by atoms with Crippen molar-refractivity contribution in [3.63, 3.8) is 0 Å². The molecule has 2 aromatic carbocycles. The zero-order valence-electron chi connectivity index (χ0n) is 16.3. The van der Waals surface area contributed by atoms with Gasteiger partial charge in [-0.1, -0.05) is 29.8 Å². The molecule has 1 unspecified atom stereocenters. The molecule has 4 heteroatoms. The molecule has 142 valence electrons. The van der Waals surface area contributed by atoms with Crippen molar-refractivity contribution in [3.05, 3.63) is 69.8 Å². The molecule has 0 aliphatic carbocycles. The summed E-state index contributed by atoms with van der Waals surface area (Å²) in [7, 11) is 0. The Morgan fingerprint density at radius 3 is 2.70 bits per heavy atom. The standard InChI is InChI=1S/C23H28N2O2/c1-16-3-6-21(17(2)13-16)22-15-25(11-12-27-22)23(26)20-5-4-18-7-9-24-10-8-19(18)14-20/h3-6,13-14,22,24H,7-12,15H2,1-2H3. The van der Waals surface area contributed by atoms with Gasteiger partial charge in [0.1, 0.15) is 6.10 Å². The molecular weight excluding hydrogens is 336 g/mol. The Morgan fingerprint density at radius 1 is 1.07 bits per heavy atom. The molecule has 1 N–H and O–H groups in total. The van der Waals surface area contributed by atoms with E-state index in [4.69, 9.17) is 4.74 Å². The van der Waals surface area contributed by atoms with Crippen molar-refractivity contribution in [3.8, 4) is 0 Å². The van der Waals surface area contributed by atoms with Crippen LogP contribution in [-0.4, -0.2) is 43.6 Å². The van der Waals surface area contributed by atoms with Gasteiger partial charge in [-0.05, 0) is 74.2 Å². The molecular formula is C23H28N2O2. The number of rotatable bonds is 2. The highest BCUT2D eigenvalue weighted by atomic mass is 16.5. The van der Waals surface area contributed by atoms with Crippen molar-refractivity contribution in [1.82, 2.24) is 10.2 Å². The summed E-state index contributed by atoms with van der Waals surface area (Å²) in [5.74, 6) is 0.119. The van der Waals surface area contributed by atoms with Gasteiger partial charge in [0.15, 0.2) is 0 Å². The molecule has 4 nitrogen and oxygen atoms in total. The van der Waals surface area contributed by atoms with Crippen LogP contribution in [0.2, 0.25) is 0 Å². The number of fused-ring (bicyclic) bond motifs is 1. The van der Waals surface area contributed by atoms with E-state index in [1.54, 1.807) is 0 Å². The second kappa shape index (κ2) is 7.83. The van der Waals surface area contributed by atoms with Gasteiger partial charge >= 0.3 is 0 Å². The average molecular weight is 364 g/mol. The molecule has 2 aliphatic heterocycles. The van der Waals surface area contributed by atoms with Gasteiger partial charge < -0.3 is 15.0 Å². The van der Waals surface area contributed by atoms with Gasteiger partial charge in [-0.25, -0.2) is 0 Å². The predicted molar refractivity (Wildman–Crippen MR) is 107 cm³/mol. The number of ether oxygens (including phenoxy) is 1. The molecule has 0 saturated carbocycles. The third kappa shape index (κ3) is 3.92. The fraction of sp³-hybridized carbons (Fsp3) is 0.435. The van der Waals surface area contributed by atoms with Crippen molar-refractivity contribution in [2.24, 2.45) is 0 Å². The molecule has 0 spiro atoms. The van der Waals surface area contributed by atoms with Crippen molar-refractivity contribution >= 4 is 5.91 Å². The molecule has 0 bridgehead atoms. The number of benzene rings is 2. The van der Waals surface area contributed by atoms with Crippen LogP contribution < -0.4 is 5.32 Å². The molecule has 0 radical (unpaired) electrons.